The van der Waals surface area contributed by atoms with Crippen molar-refractivity contribution < 1.29 is 33.3 Å². The van der Waals surface area contributed by atoms with Crippen molar-refractivity contribution in [1.82, 2.24) is 25.1 Å². The molecule has 13 heteroatoms. The highest BCUT2D eigenvalue weighted by Gasteiger charge is 2.44. The van der Waals surface area contributed by atoms with Crippen molar-refractivity contribution in [3.05, 3.63) is 64.0 Å². The first-order chi connectivity index (χ1) is 21.9. The molecule has 1 aromatic heterocycles. The number of hydrogen-bond donors (Lipinski definition) is 2. The molecule has 0 spiro atoms. The van der Waals surface area contributed by atoms with Crippen LogP contribution in [0.2, 0.25) is 0 Å². The van der Waals surface area contributed by atoms with Gasteiger partial charge in [0, 0.05) is 23.0 Å². The Kier molecular flexibility index (Phi) is 8.62. The van der Waals surface area contributed by atoms with Gasteiger partial charge in [-0.15, -0.1) is 0 Å². The average Bonchev–Trinajstić information content (AvgIpc) is 3.79. The highest BCUT2D eigenvalue weighted by atomic mass is 79.9. The number of ether oxygens (including phenoxy) is 4. The molecule has 3 atom stereocenters. The number of amides is 3. The van der Waals surface area contributed by atoms with E-state index >= 15 is 0 Å². The Balaban J connectivity index is 1.22. The van der Waals surface area contributed by atoms with E-state index in [4.69, 9.17) is 18.9 Å². The van der Waals surface area contributed by atoms with Gasteiger partial charge in [-0.3, -0.25) is 9.69 Å². The monoisotopic (exact) mass is 695 g/mol. The largest absolute Gasteiger partial charge is 0.454 e. The molecule has 6 rings (SSSR count). The number of fused-ring (bicyclic) bond motifs is 3. The Bertz CT molecular complexity index is 1630. The first kappa shape index (κ1) is 31.7. The maximum atomic E-state index is 14.2. The molecule has 12 nitrogen and oxygen atoms in total. The van der Waals surface area contributed by atoms with Crippen LogP contribution in [0.1, 0.15) is 64.0 Å². The molecule has 2 N–H and O–H groups in total. The number of halogens is 1. The number of nitrogens with zero attached hydrogens (tertiary/aromatic N) is 3. The second kappa shape index (κ2) is 12.5. The molecule has 0 radical (unpaired) electrons. The molecule has 0 aliphatic carbocycles. The highest BCUT2D eigenvalue weighted by molar-refractivity contribution is 9.10. The van der Waals surface area contributed by atoms with Crippen LogP contribution >= 0.6 is 15.9 Å². The van der Waals surface area contributed by atoms with E-state index in [1.54, 1.807) is 36.8 Å². The van der Waals surface area contributed by atoms with Crippen LogP contribution in [0.25, 0.3) is 11.3 Å². The van der Waals surface area contributed by atoms with Crippen molar-refractivity contribution in [2.24, 2.45) is 5.92 Å². The third-order valence-corrected chi connectivity index (χ3v) is 8.72. The number of alkyl carbamates (subject to hydrolysis) is 1. The molecule has 244 valence electrons. The van der Waals surface area contributed by atoms with Crippen LogP contribution in [-0.2, 0) is 27.4 Å². The van der Waals surface area contributed by atoms with Crippen LogP contribution in [0.4, 0.5) is 9.59 Å². The van der Waals surface area contributed by atoms with Crippen LogP contribution < -0.4 is 14.8 Å². The smallest absolute Gasteiger partial charge is 0.410 e. The second-order valence-corrected chi connectivity index (χ2v) is 14.0. The minimum absolute atomic E-state index is 0.135. The molecule has 46 heavy (non-hydrogen) atoms. The molecule has 3 aliphatic heterocycles. The van der Waals surface area contributed by atoms with Crippen molar-refractivity contribution >= 4 is 34.0 Å². The van der Waals surface area contributed by atoms with Crippen LogP contribution in [0.5, 0.6) is 11.5 Å². The fourth-order valence-electron chi connectivity index (χ4n) is 5.99. The van der Waals surface area contributed by atoms with E-state index in [-0.39, 0.29) is 25.2 Å². The molecule has 1 fully saturated rings. The van der Waals surface area contributed by atoms with Crippen molar-refractivity contribution in [2.75, 3.05) is 13.3 Å². The zero-order valence-electron chi connectivity index (χ0n) is 26.5. The molecule has 1 saturated heterocycles. The van der Waals surface area contributed by atoms with E-state index in [9.17, 15) is 14.4 Å². The predicted octanol–water partition coefficient (Wildman–Crippen LogP) is 5.91. The van der Waals surface area contributed by atoms with Gasteiger partial charge in [0.1, 0.15) is 23.6 Å². The third-order valence-electron chi connectivity index (χ3n) is 8.19. The van der Waals surface area contributed by atoms with Crippen molar-refractivity contribution in [3.8, 4) is 22.8 Å². The molecule has 2 aromatic carbocycles. The number of aromatic amines is 1. The summed E-state index contributed by atoms with van der Waals surface area (Å²) in [5, 5.41) is 2.76. The topological polar surface area (TPSA) is 135 Å². The Hall–Kier alpha value is -4.26. The summed E-state index contributed by atoms with van der Waals surface area (Å²) in [7, 11) is 0. The number of carbonyl (C=O) groups is 3. The fraction of sp³-hybridized carbons (Fsp3) is 0.455. The molecule has 0 unspecified atom stereocenters. The standard InChI is InChI=1S/C33H38BrN5O7/c1-18(2)27(37-31(41)46-33(3,4)5)30(40)39-15-22(12-25(39)29-35-13-24(36-29)19-6-9-21(34)10-7-19)45-32(42)38-14-20-8-11-26-28(23(20)16-38)44-17-43-26/h6-11,13,18,22,25,27H,12,14-17H2,1-5H3,(H,35,36)(H,37,41)/t22-,25+,27+/m1/s1. The van der Waals surface area contributed by atoms with Crippen LogP contribution in [0.15, 0.2) is 47.1 Å². The maximum absolute atomic E-state index is 14.2. The quantitative estimate of drug-likeness (QED) is 0.325. The highest BCUT2D eigenvalue weighted by Crippen LogP contribution is 2.42. The average molecular weight is 697 g/mol. The van der Waals surface area contributed by atoms with E-state index in [1.807, 2.05) is 50.2 Å². The summed E-state index contributed by atoms with van der Waals surface area (Å²) in [5.41, 5.74) is 2.89. The minimum Gasteiger partial charge on any atom is -0.454 e. The molecule has 3 amide bonds. The first-order valence-corrected chi connectivity index (χ1v) is 16.1. The van der Waals surface area contributed by atoms with Crippen LogP contribution in [0.3, 0.4) is 0 Å². The van der Waals surface area contributed by atoms with Gasteiger partial charge in [-0.05, 0) is 56.0 Å². The third kappa shape index (κ3) is 6.64. The Labute approximate surface area is 275 Å². The number of nitrogens with one attached hydrogen (secondary N) is 2. The molecular weight excluding hydrogens is 658 g/mol. The Morgan fingerprint density at radius 2 is 1.85 bits per heavy atom. The SMILES string of the molecule is CC(C)[C@H](NC(=O)OC(C)(C)C)C(=O)N1C[C@H](OC(=O)N2Cc3ccc4c(c3C2)OCO4)C[C@H]1c1ncc(-c2ccc(Br)cc2)[nH]1. The van der Waals surface area contributed by atoms with Gasteiger partial charge < -0.3 is 34.1 Å². The number of imidazole rings is 1. The summed E-state index contributed by atoms with van der Waals surface area (Å²) in [5.74, 6) is 1.34. The second-order valence-electron chi connectivity index (χ2n) is 13.1. The lowest BCUT2D eigenvalue weighted by Gasteiger charge is -2.31. The number of rotatable bonds is 6. The van der Waals surface area contributed by atoms with E-state index in [0.29, 0.717) is 36.8 Å². The molecular formula is C33H38BrN5O7. The lowest BCUT2D eigenvalue weighted by atomic mass is 10.0. The van der Waals surface area contributed by atoms with Crippen molar-refractivity contribution in [3.63, 3.8) is 0 Å². The maximum Gasteiger partial charge on any atom is 0.410 e. The van der Waals surface area contributed by atoms with Crippen LogP contribution in [-0.4, -0.2) is 68.9 Å². The Morgan fingerprint density at radius 1 is 1.09 bits per heavy atom. The van der Waals surface area contributed by atoms with Gasteiger partial charge in [0.2, 0.25) is 12.7 Å². The summed E-state index contributed by atoms with van der Waals surface area (Å²) in [6, 6.07) is 10.2. The Morgan fingerprint density at radius 3 is 2.57 bits per heavy atom. The zero-order chi connectivity index (χ0) is 32.7. The first-order valence-electron chi connectivity index (χ1n) is 15.3. The fourth-order valence-corrected chi connectivity index (χ4v) is 6.25. The lowest BCUT2D eigenvalue weighted by Crippen LogP contribution is -2.52. The summed E-state index contributed by atoms with van der Waals surface area (Å²) in [4.78, 5) is 51.6. The number of benzene rings is 2. The number of aromatic nitrogens is 2. The van der Waals surface area contributed by atoms with E-state index in [2.05, 4.69) is 31.2 Å². The summed E-state index contributed by atoms with van der Waals surface area (Å²) < 4.78 is 23.6. The summed E-state index contributed by atoms with van der Waals surface area (Å²) in [6.07, 6.45) is 0.291. The summed E-state index contributed by atoms with van der Waals surface area (Å²) in [6.45, 7) is 10.0. The summed E-state index contributed by atoms with van der Waals surface area (Å²) >= 11 is 3.47. The van der Waals surface area contributed by atoms with Crippen LogP contribution in [0, 0.1) is 5.92 Å². The van der Waals surface area contributed by atoms with E-state index in [0.717, 1.165) is 26.9 Å². The van der Waals surface area contributed by atoms with Crippen molar-refractivity contribution in [1.29, 1.82) is 0 Å². The normalized spacial score (nSPS) is 19.3. The van der Waals surface area contributed by atoms with E-state index in [1.165, 1.54) is 0 Å². The van der Waals surface area contributed by atoms with Gasteiger partial charge in [-0.25, -0.2) is 14.6 Å². The number of hydrogen-bond acceptors (Lipinski definition) is 8. The number of H-pyrrole nitrogens is 1. The van der Waals surface area contributed by atoms with Crippen molar-refractivity contribution in [2.45, 2.75) is 77.9 Å². The van der Waals surface area contributed by atoms with E-state index < -0.39 is 36.0 Å². The zero-order valence-corrected chi connectivity index (χ0v) is 28.0. The molecule has 0 bridgehead atoms. The molecule has 0 saturated carbocycles. The van der Waals surface area contributed by atoms with Gasteiger partial charge in [-0.1, -0.05) is 48.0 Å². The molecule has 3 aromatic rings. The predicted molar refractivity (Wildman–Crippen MR) is 171 cm³/mol. The number of carbonyl (C=O) groups excluding carboxylic acids is 3. The van der Waals surface area contributed by atoms with Gasteiger partial charge in [0.05, 0.1) is 31.0 Å². The van der Waals surface area contributed by atoms with Gasteiger partial charge in [0.15, 0.2) is 11.5 Å². The van der Waals surface area contributed by atoms with Gasteiger partial charge in [-0.2, -0.15) is 0 Å². The molecule has 4 heterocycles. The van der Waals surface area contributed by atoms with Gasteiger partial charge in [0.25, 0.3) is 0 Å². The lowest BCUT2D eigenvalue weighted by molar-refractivity contribution is -0.136. The minimum atomic E-state index is -0.870. The molecule has 3 aliphatic rings. The number of likely N-dealkylation sites (tertiary alicyclic amines) is 1. The van der Waals surface area contributed by atoms with Gasteiger partial charge >= 0.3 is 12.2 Å².